The van der Waals surface area contributed by atoms with Crippen molar-refractivity contribution in [2.24, 2.45) is 11.8 Å². The normalized spacial score (nSPS) is 26.2. The highest BCUT2D eigenvalue weighted by atomic mass is 32.2. The molecule has 0 aliphatic carbocycles. The van der Waals surface area contributed by atoms with Crippen LogP contribution in [-0.2, 0) is 33.9 Å². The third kappa shape index (κ3) is 6.12. The van der Waals surface area contributed by atoms with Gasteiger partial charge >= 0.3 is 0 Å². The van der Waals surface area contributed by atoms with E-state index in [0.29, 0.717) is 45.4 Å². The number of rotatable bonds is 14. The van der Waals surface area contributed by atoms with Gasteiger partial charge in [0.25, 0.3) is 0 Å². The number of carbonyl (C=O) groups excluding carboxylic acids is 3. The maximum atomic E-state index is 15.0. The fourth-order valence-electron chi connectivity index (χ4n) is 8.30. The Morgan fingerprint density at radius 2 is 1.35 bits per heavy atom. The molecule has 250 valence electrons. The Labute approximate surface area is 288 Å². The lowest BCUT2D eigenvalue weighted by Gasteiger charge is -2.39. The molecule has 6 rings (SSSR count). The summed E-state index contributed by atoms with van der Waals surface area (Å²) in [4.78, 5) is 50.1. The van der Waals surface area contributed by atoms with E-state index in [1.807, 2.05) is 91.0 Å². The molecule has 8 heteroatoms. The second kappa shape index (κ2) is 14.1. The summed E-state index contributed by atoms with van der Waals surface area (Å²) in [7, 11) is 0. The van der Waals surface area contributed by atoms with E-state index in [4.69, 9.17) is 0 Å². The van der Waals surface area contributed by atoms with Crippen LogP contribution in [0, 0.1) is 11.8 Å². The van der Waals surface area contributed by atoms with Crippen LogP contribution in [0.1, 0.15) is 36.5 Å². The molecule has 48 heavy (non-hydrogen) atoms. The maximum absolute atomic E-state index is 15.0. The van der Waals surface area contributed by atoms with E-state index in [9.17, 15) is 9.90 Å². The summed E-state index contributed by atoms with van der Waals surface area (Å²) < 4.78 is -1.33. The largest absolute Gasteiger partial charge is 0.394 e. The predicted octanol–water partition coefficient (Wildman–Crippen LogP) is 5.50. The quantitative estimate of drug-likeness (QED) is 0.231. The van der Waals surface area contributed by atoms with Gasteiger partial charge in [-0.3, -0.25) is 14.4 Å². The number of benzene rings is 3. The van der Waals surface area contributed by atoms with Crippen LogP contribution in [0.4, 0.5) is 0 Å². The van der Waals surface area contributed by atoms with Gasteiger partial charge in [0.15, 0.2) is 0 Å². The Bertz CT molecular complexity index is 1640. The fraction of sp³-hybridized carbons (Fsp3) is 0.375. The van der Waals surface area contributed by atoms with E-state index >= 15 is 9.59 Å². The van der Waals surface area contributed by atoms with E-state index in [0.717, 1.165) is 16.7 Å². The highest BCUT2D eigenvalue weighted by Crippen LogP contribution is 2.72. The van der Waals surface area contributed by atoms with Crippen LogP contribution in [0.2, 0.25) is 0 Å². The molecule has 0 radical (unpaired) electrons. The van der Waals surface area contributed by atoms with Crippen molar-refractivity contribution in [3.05, 3.63) is 133 Å². The minimum atomic E-state index is -0.842. The van der Waals surface area contributed by atoms with Crippen molar-refractivity contribution in [1.82, 2.24) is 14.7 Å². The number of likely N-dealkylation sites (tertiary alicyclic amines) is 1. The predicted molar refractivity (Wildman–Crippen MR) is 191 cm³/mol. The van der Waals surface area contributed by atoms with E-state index in [2.05, 4.69) is 20.1 Å². The fourth-order valence-corrected chi connectivity index (χ4v) is 10.6. The SMILES string of the molecule is C=CCN(Cc1ccccc1)C(=O)C1N([C@@H](CO)Cc2ccccc2)C(=O)[C@@H]2[C@H](C(=O)N(CC=C)Cc3ccccc3)[C@]3(C)CCC12S3. The summed E-state index contributed by atoms with van der Waals surface area (Å²) in [6.07, 6.45) is 5.19. The number of thioether (sulfide) groups is 1. The second-order valence-corrected chi connectivity index (χ2v) is 15.4. The summed E-state index contributed by atoms with van der Waals surface area (Å²) >= 11 is 1.66. The van der Waals surface area contributed by atoms with Gasteiger partial charge in [0.1, 0.15) is 6.04 Å². The summed E-state index contributed by atoms with van der Waals surface area (Å²) in [5.74, 6) is -1.78. The van der Waals surface area contributed by atoms with Gasteiger partial charge in [-0.25, -0.2) is 0 Å². The number of aliphatic hydroxyl groups is 1. The number of aliphatic hydroxyl groups excluding tert-OH is 1. The lowest BCUT2D eigenvalue weighted by atomic mass is 9.66. The highest BCUT2D eigenvalue weighted by molar-refractivity contribution is 8.02. The molecule has 3 heterocycles. The van der Waals surface area contributed by atoms with Gasteiger partial charge in [-0.05, 0) is 42.9 Å². The molecule has 0 saturated carbocycles. The van der Waals surface area contributed by atoms with Gasteiger partial charge in [-0.2, -0.15) is 0 Å². The molecule has 1 spiro atoms. The molecule has 2 bridgehead atoms. The lowest BCUT2D eigenvalue weighted by molar-refractivity contribution is -0.148. The molecule has 3 aliphatic rings. The average Bonchev–Trinajstić information content (AvgIpc) is 3.68. The first-order chi connectivity index (χ1) is 23.3. The zero-order valence-electron chi connectivity index (χ0n) is 27.6. The number of carbonyl (C=O) groups is 3. The van der Waals surface area contributed by atoms with Crippen molar-refractivity contribution in [1.29, 1.82) is 0 Å². The van der Waals surface area contributed by atoms with Crippen molar-refractivity contribution in [3.8, 4) is 0 Å². The summed E-state index contributed by atoms with van der Waals surface area (Å²) in [6, 6.07) is 27.9. The first-order valence-electron chi connectivity index (χ1n) is 16.8. The summed E-state index contributed by atoms with van der Waals surface area (Å²) in [5, 5.41) is 10.9. The average molecular weight is 664 g/mol. The van der Waals surface area contributed by atoms with Crippen LogP contribution in [-0.4, -0.2) is 78.8 Å². The third-order valence-corrected chi connectivity index (χ3v) is 12.4. The molecular weight excluding hydrogens is 619 g/mol. The van der Waals surface area contributed by atoms with Gasteiger partial charge in [-0.15, -0.1) is 24.9 Å². The van der Waals surface area contributed by atoms with Crippen molar-refractivity contribution in [2.75, 3.05) is 19.7 Å². The van der Waals surface area contributed by atoms with Gasteiger partial charge in [0.05, 0.1) is 29.2 Å². The molecule has 6 atom stereocenters. The smallest absolute Gasteiger partial charge is 0.247 e. The van der Waals surface area contributed by atoms with Crippen molar-refractivity contribution in [2.45, 2.75) is 60.9 Å². The van der Waals surface area contributed by atoms with Crippen molar-refractivity contribution >= 4 is 29.5 Å². The molecule has 3 aromatic rings. The third-order valence-electron chi connectivity index (χ3n) is 10.4. The Hall–Kier alpha value is -4.14. The molecule has 3 fully saturated rings. The molecule has 0 aromatic heterocycles. The monoisotopic (exact) mass is 663 g/mol. The topological polar surface area (TPSA) is 81.2 Å². The molecule has 3 aromatic carbocycles. The van der Waals surface area contributed by atoms with Gasteiger partial charge in [-0.1, -0.05) is 103 Å². The number of nitrogens with zero attached hydrogens (tertiary/aromatic N) is 3. The molecule has 7 nitrogen and oxygen atoms in total. The van der Waals surface area contributed by atoms with Crippen LogP contribution < -0.4 is 0 Å². The van der Waals surface area contributed by atoms with Crippen LogP contribution >= 0.6 is 11.8 Å². The Morgan fingerprint density at radius 1 is 0.854 bits per heavy atom. The Balaban J connectivity index is 1.42. The minimum Gasteiger partial charge on any atom is -0.394 e. The number of hydrogen-bond donors (Lipinski definition) is 1. The van der Waals surface area contributed by atoms with Gasteiger partial charge in [0, 0.05) is 30.9 Å². The maximum Gasteiger partial charge on any atom is 0.247 e. The molecule has 2 unspecified atom stereocenters. The molecule has 3 aliphatic heterocycles. The number of hydrogen-bond acceptors (Lipinski definition) is 5. The Kier molecular flexibility index (Phi) is 9.95. The summed E-state index contributed by atoms with van der Waals surface area (Å²) in [5.41, 5.74) is 2.94. The standard InChI is InChI=1S/C40H45N3O4S/c1-4-23-41(26-30-17-11-7-12-18-30)36(45)33-34-37(46)43(32(28-44)25-29-15-9-6-10-16-29)35(40(34)22-21-39(33,3)48-40)38(47)42(24-5-2)27-31-19-13-8-14-20-31/h4-20,32-35,44H,1-2,21-28H2,3H3/t32-,33-,34+,35?,39+,40?/m1/s1. The first kappa shape index (κ1) is 33.7. The van der Waals surface area contributed by atoms with Crippen molar-refractivity contribution in [3.63, 3.8) is 0 Å². The molecule has 3 saturated heterocycles. The number of fused-ring (bicyclic) bond motifs is 1. The zero-order valence-corrected chi connectivity index (χ0v) is 28.4. The second-order valence-electron chi connectivity index (χ2n) is 13.5. The van der Waals surface area contributed by atoms with Crippen LogP contribution in [0.25, 0.3) is 0 Å². The van der Waals surface area contributed by atoms with Crippen LogP contribution in [0.5, 0.6) is 0 Å². The molecule has 1 N–H and O–H groups in total. The molecular formula is C40H45N3O4S. The first-order valence-corrected chi connectivity index (χ1v) is 17.6. The zero-order chi connectivity index (χ0) is 33.9. The van der Waals surface area contributed by atoms with E-state index in [1.165, 1.54) is 0 Å². The lowest BCUT2D eigenvalue weighted by Crippen LogP contribution is -2.57. The van der Waals surface area contributed by atoms with E-state index in [-0.39, 0.29) is 24.3 Å². The van der Waals surface area contributed by atoms with E-state index in [1.54, 1.807) is 38.6 Å². The Morgan fingerprint density at radius 3 is 1.85 bits per heavy atom. The van der Waals surface area contributed by atoms with Crippen LogP contribution in [0.15, 0.2) is 116 Å². The van der Waals surface area contributed by atoms with Crippen LogP contribution in [0.3, 0.4) is 0 Å². The molecule has 3 amide bonds. The van der Waals surface area contributed by atoms with E-state index < -0.39 is 33.4 Å². The van der Waals surface area contributed by atoms with Gasteiger partial charge in [0.2, 0.25) is 17.7 Å². The highest BCUT2D eigenvalue weighted by Gasteiger charge is 2.78. The summed E-state index contributed by atoms with van der Waals surface area (Å²) in [6.45, 7) is 11.1. The van der Waals surface area contributed by atoms with Crippen molar-refractivity contribution < 1.29 is 19.5 Å². The van der Waals surface area contributed by atoms with Gasteiger partial charge < -0.3 is 19.8 Å². The number of amides is 3. The minimum absolute atomic E-state index is 0.0856.